The van der Waals surface area contributed by atoms with E-state index in [2.05, 4.69) is 10.3 Å². The van der Waals surface area contributed by atoms with Gasteiger partial charge in [-0.15, -0.1) is 22.9 Å². The molecule has 1 aromatic carbocycles. The van der Waals surface area contributed by atoms with Gasteiger partial charge in [0.1, 0.15) is 5.82 Å². The Morgan fingerprint density at radius 2 is 2.19 bits per heavy atom. The van der Waals surface area contributed by atoms with Crippen LogP contribution >= 0.6 is 22.9 Å². The van der Waals surface area contributed by atoms with E-state index in [0.717, 1.165) is 11.3 Å². The van der Waals surface area contributed by atoms with E-state index in [1.165, 1.54) is 0 Å². The number of anilines is 1. The first-order valence-electron chi connectivity index (χ1n) is 5.37. The molecule has 10 heteroatoms. The molecule has 6 nitrogen and oxygen atoms in total. The van der Waals surface area contributed by atoms with E-state index in [9.17, 15) is 23.7 Å². The topological polar surface area (TPSA) is 85.1 Å². The van der Waals surface area contributed by atoms with Crippen LogP contribution in [0.25, 0.3) is 0 Å². The number of nitrogens with zero attached hydrogens (tertiary/aromatic N) is 2. The molecule has 0 saturated heterocycles. The Bertz CT molecular complexity index is 723. The molecule has 0 unspecified atom stereocenters. The van der Waals surface area contributed by atoms with Gasteiger partial charge in [-0.2, -0.15) is 4.39 Å². The summed E-state index contributed by atoms with van der Waals surface area (Å²) >= 11 is 6.58. The van der Waals surface area contributed by atoms with E-state index in [0.29, 0.717) is 17.8 Å². The van der Waals surface area contributed by atoms with E-state index in [1.807, 2.05) is 0 Å². The van der Waals surface area contributed by atoms with Gasteiger partial charge in [0.05, 0.1) is 28.1 Å². The molecule has 21 heavy (non-hydrogen) atoms. The number of nitrogens with one attached hydrogen (secondary N) is 1. The van der Waals surface area contributed by atoms with Crippen LogP contribution in [0.3, 0.4) is 0 Å². The molecule has 0 bridgehead atoms. The molecule has 1 aromatic heterocycles. The Morgan fingerprint density at radius 1 is 1.48 bits per heavy atom. The highest BCUT2D eigenvalue weighted by Crippen LogP contribution is 2.24. The van der Waals surface area contributed by atoms with Crippen molar-refractivity contribution in [2.24, 2.45) is 0 Å². The van der Waals surface area contributed by atoms with Crippen LogP contribution in [-0.4, -0.2) is 15.8 Å². The number of carbonyl (C=O) groups is 1. The zero-order valence-electron chi connectivity index (χ0n) is 10.1. The quantitative estimate of drug-likeness (QED) is 0.528. The fourth-order valence-electron chi connectivity index (χ4n) is 1.46. The summed E-state index contributed by atoms with van der Waals surface area (Å²) in [5.41, 5.74) is -1.38. The molecule has 0 aliphatic carbocycles. The maximum absolute atomic E-state index is 13.8. The number of hydrogen-bond acceptors (Lipinski definition) is 5. The van der Waals surface area contributed by atoms with Crippen molar-refractivity contribution < 1.29 is 18.5 Å². The van der Waals surface area contributed by atoms with Crippen LogP contribution in [0.4, 0.5) is 19.6 Å². The van der Waals surface area contributed by atoms with Crippen molar-refractivity contribution in [1.82, 2.24) is 4.98 Å². The van der Waals surface area contributed by atoms with E-state index in [1.54, 1.807) is 5.38 Å². The van der Waals surface area contributed by atoms with Gasteiger partial charge in [-0.1, -0.05) is 0 Å². The molecule has 0 fully saturated rings. The van der Waals surface area contributed by atoms with Crippen LogP contribution in [0, 0.1) is 21.7 Å². The van der Waals surface area contributed by atoms with Crippen molar-refractivity contribution >= 4 is 39.7 Å². The standard InChI is InChI=1S/C11H6ClF2N3O3S/c12-3-6-4-21-11(15-6)16-10(18)7-1-5(13)2-8(9(7)14)17(19)20/h1-2,4H,3H2,(H,15,16,18). The fraction of sp³-hybridized carbons (Fsp3) is 0.0909. The number of rotatable bonds is 4. The highest BCUT2D eigenvalue weighted by molar-refractivity contribution is 7.14. The summed E-state index contributed by atoms with van der Waals surface area (Å²) in [5.74, 6) is -3.40. The lowest BCUT2D eigenvalue weighted by molar-refractivity contribution is -0.387. The predicted octanol–water partition coefficient (Wildman–Crippen LogP) is 3.32. The van der Waals surface area contributed by atoms with Crippen molar-refractivity contribution in [3.05, 3.63) is 50.5 Å². The smallest absolute Gasteiger partial charge is 0.298 e. The molecule has 0 atom stereocenters. The molecule has 2 aromatic rings. The highest BCUT2D eigenvalue weighted by atomic mass is 35.5. The number of benzene rings is 1. The number of aromatic nitrogens is 1. The Hall–Kier alpha value is -2.13. The summed E-state index contributed by atoms with van der Waals surface area (Å²) < 4.78 is 27.1. The molecule has 0 saturated carbocycles. The molecule has 0 aliphatic heterocycles. The van der Waals surface area contributed by atoms with Crippen molar-refractivity contribution in [3.63, 3.8) is 0 Å². The first-order chi connectivity index (χ1) is 9.92. The maximum atomic E-state index is 13.8. The number of amides is 1. The van der Waals surface area contributed by atoms with Crippen LogP contribution in [0.1, 0.15) is 16.1 Å². The number of hydrogen-bond donors (Lipinski definition) is 1. The average Bonchev–Trinajstić information content (AvgIpc) is 2.88. The second kappa shape index (κ2) is 6.10. The van der Waals surface area contributed by atoms with Crippen LogP contribution in [0.15, 0.2) is 17.5 Å². The predicted molar refractivity (Wildman–Crippen MR) is 72.6 cm³/mol. The summed E-state index contributed by atoms with van der Waals surface area (Å²) in [5, 5.41) is 14.5. The zero-order chi connectivity index (χ0) is 15.6. The van der Waals surface area contributed by atoms with E-state index >= 15 is 0 Å². The second-order valence-electron chi connectivity index (χ2n) is 3.78. The van der Waals surface area contributed by atoms with Gasteiger partial charge in [0.25, 0.3) is 5.91 Å². The minimum Gasteiger partial charge on any atom is -0.298 e. The maximum Gasteiger partial charge on any atom is 0.308 e. The molecule has 1 heterocycles. The fourth-order valence-corrected chi connectivity index (χ4v) is 2.40. The Balaban J connectivity index is 2.32. The molecule has 1 N–H and O–H groups in total. The lowest BCUT2D eigenvalue weighted by Crippen LogP contribution is -2.15. The van der Waals surface area contributed by atoms with Gasteiger partial charge in [0.15, 0.2) is 5.13 Å². The average molecular weight is 334 g/mol. The van der Waals surface area contributed by atoms with Crippen molar-refractivity contribution in [1.29, 1.82) is 0 Å². The summed E-state index contributed by atoms with van der Waals surface area (Å²) in [7, 11) is 0. The van der Waals surface area contributed by atoms with E-state index in [-0.39, 0.29) is 11.0 Å². The molecule has 0 aliphatic rings. The lowest BCUT2D eigenvalue weighted by atomic mass is 10.1. The highest BCUT2D eigenvalue weighted by Gasteiger charge is 2.24. The number of thiazole rings is 1. The second-order valence-corrected chi connectivity index (χ2v) is 4.90. The van der Waals surface area contributed by atoms with Gasteiger partial charge in [0.2, 0.25) is 5.82 Å². The molecular formula is C11H6ClF2N3O3S. The normalized spacial score (nSPS) is 10.4. The van der Waals surface area contributed by atoms with Crippen molar-refractivity contribution in [2.45, 2.75) is 5.88 Å². The third-order valence-corrected chi connectivity index (χ3v) is 3.45. The van der Waals surface area contributed by atoms with Crippen molar-refractivity contribution in [2.75, 3.05) is 5.32 Å². The number of halogens is 3. The lowest BCUT2D eigenvalue weighted by Gasteiger charge is -2.04. The molecule has 110 valence electrons. The Kier molecular flexibility index (Phi) is 4.43. The van der Waals surface area contributed by atoms with Gasteiger partial charge < -0.3 is 0 Å². The molecule has 0 spiro atoms. The number of nitro benzene ring substituents is 1. The minimum atomic E-state index is -1.41. The molecule has 0 radical (unpaired) electrons. The molecule has 2 rings (SSSR count). The van der Waals surface area contributed by atoms with Crippen LogP contribution in [0.2, 0.25) is 0 Å². The Morgan fingerprint density at radius 3 is 2.76 bits per heavy atom. The zero-order valence-corrected chi connectivity index (χ0v) is 11.7. The summed E-state index contributed by atoms with van der Waals surface area (Å²) in [4.78, 5) is 25.2. The van der Waals surface area contributed by atoms with Crippen molar-refractivity contribution in [3.8, 4) is 0 Å². The van der Waals surface area contributed by atoms with Gasteiger partial charge in [0, 0.05) is 5.38 Å². The summed E-state index contributed by atoms with van der Waals surface area (Å²) in [6.07, 6.45) is 0. The van der Waals surface area contributed by atoms with Gasteiger partial charge in [-0.05, 0) is 6.07 Å². The van der Waals surface area contributed by atoms with E-state index < -0.39 is 33.7 Å². The third-order valence-electron chi connectivity index (χ3n) is 2.37. The molecule has 1 amide bonds. The Labute approximate surface area is 125 Å². The monoisotopic (exact) mass is 333 g/mol. The SMILES string of the molecule is O=C(Nc1nc(CCl)cs1)c1cc(F)cc([N+](=O)[O-])c1F. The summed E-state index contributed by atoms with van der Waals surface area (Å²) in [6, 6.07) is 0.981. The van der Waals surface area contributed by atoms with Gasteiger partial charge in [-0.3, -0.25) is 20.2 Å². The first-order valence-corrected chi connectivity index (χ1v) is 6.79. The summed E-state index contributed by atoms with van der Waals surface area (Å²) in [6.45, 7) is 0. The third kappa shape index (κ3) is 3.31. The van der Waals surface area contributed by atoms with Gasteiger partial charge in [-0.25, -0.2) is 9.37 Å². The number of carbonyl (C=O) groups excluding carboxylic acids is 1. The molecular weight excluding hydrogens is 328 g/mol. The van der Waals surface area contributed by atoms with E-state index in [4.69, 9.17) is 11.6 Å². The van der Waals surface area contributed by atoms with Gasteiger partial charge >= 0.3 is 5.69 Å². The van der Waals surface area contributed by atoms with Crippen LogP contribution < -0.4 is 5.32 Å². The van der Waals surface area contributed by atoms with Crippen LogP contribution in [0.5, 0.6) is 0 Å². The first kappa shape index (κ1) is 15.3. The largest absolute Gasteiger partial charge is 0.308 e. The number of nitro groups is 1. The minimum absolute atomic E-state index is 0.127. The number of alkyl halides is 1. The van der Waals surface area contributed by atoms with Crippen LogP contribution in [-0.2, 0) is 5.88 Å².